The van der Waals surface area contributed by atoms with Crippen molar-refractivity contribution in [1.82, 2.24) is 19.7 Å². The molecule has 4 aromatic rings. The van der Waals surface area contributed by atoms with Gasteiger partial charge in [0, 0.05) is 5.56 Å². The number of hydrogen-bond acceptors (Lipinski definition) is 5. The Kier molecular flexibility index (Phi) is 3.81. The Morgan fingerprint density at radius 3 is 2.37 bits per heavy atom. The number of ether oxygens (including phenoxy) is 1. The first kappa shape index (κ1) is 17.4. The van der Waals surface area contributed by atoms with Gasteiger partial charge in [-0.25, -0.2) is 14.6 Å². The average molecular weight is 397 g/mol. The molecule has 2 aromatic heterocycles. The molecular weight excluding hydrogens is 374 g/mol. The molecule has 0 atom stereocenters. The lowest BCUT2D eigenvalue weighted by Gasteiger charge is -2.54. The zero-order valence-electron chi connectivity index (χ0n) is 16.7. The van der Waals surface area contributed by atoms with Crippen LogP contribution in [0.15, 0.2) is 60.9 Å². The Balaban J connectivity index is 1.35. The number of aromatic nitrogens is 4. The molecule has 2 fully saturated rings. The van der Waals surface area contributed by atoms with Gasteiger partial charge in [0.25, 0.3) is 0 Å². The first-order chi connectivity index (χ1) is 14.7. The highest BCUT2D eigenvalue weighted by molar-refractivity contribution is 5.98. The molecule has 0 bridgehead atoms. The van der Waals surface area contributed by atoms with Crippen LogP contribution in [0, 0.1) is 5.41 Å². The second-order valence-corrected chi connectivity index (χ2v) is 8.61. The fraction of sp³-hybridized carbons (Fsp3) is 0.292. The maximum atomic E-state index is 6.26. The van der Waals surface area contributed by atoms with Crippen LogP contribution in [0.4, 0.5) is 5.82 Å². The van der Waals surface area contributed by atoms with Gasteiger partial charge in [-0.2, -0.15) is 5.10 Å². The lowest BCUT2D eigenvalue weighted by atomic mass is 9.54. The third-order valence-corrected chi connectivity index (χ3v) is 6.72. The van der Waals surface area contributed by atoms with Gasteiger partial charge in [-0.15, -0.1) is 0 Å². The fourth-order valence-corrected chi connectivity index (χ4v) is 4.96. The maximum Gasteiger partial charge on any atom is 0.164 e. The molecule has 0 radical (unpaired) electrons. The predicted octanol–water partition coefficient (Wildman–Crippen LogP) is 5.37. The molecular formula is C24H23N5O. The van der Waals surface area contributed by atoms with Gasteiger partial charge in [-0.3, -0.25) is 0 Å². The molecule has 1 spiro atoms. The Hall–Kier alpha value is -3.41. The number of nitrogens with two attached hydrogens (primary N) is 1. The van der Waals surface area contributed by atoms with E-state index < -0.39 is 0 Å². The standard InChI is InChI=1S/C24H23N5O/c25-22-20-21(16-7-9-19(10-8-16)30-18-5-2-1-3-6-18)28-29(23(20)27-15-26-22)17-13-24(14-17)11-4-12-24/h1-3,5-10,15,17H,4,11-14H2,(H2,25,26,27). The van der Waals surface area contributed by atoms with Gasteiger partial charge < -0.3 is 10.5 Å². The summed E-state index contributed by atoms with van der Waals surface area (Å²) in [5.74, 6) is 2.07. The second-order valence-electron chi connectivity index (χ2n) is 8.61. The molecule has 0 saturated heterocycles. The van der Waals surface area contributed by atoms with E-state index in [0.717, 1.165) is 33.8 Å². The van der Waals surface area contributed by atoms with Gasteiger partial charge in [0.2, 0.25) is 0 Å². The summed E-state index contributed by atoms with van der Waals surface area (Å²) in [5, 5.41) is 5.81. The molecule has 2 aromatic carbocycles. The van der Waals surface area contributed by atoms with Crippen LogP contribution in [-0.2, 0) is 0 Å². The summed E-state index contributed by atoms with van der Waals surface area (Å²) in [5.41, 5.74) is 9.48. The van der Waals surface area contributed by atoms with E-state index in [1.54, 1.807) is 0 Å². The molecule has 2 aliphatic carbocycles. The average Bonchev–Trinajstić information content (AvgIpc) is 3.08. The molecule has 2 N–H and O–H groups in total. The van der Waals surface area contributed by atoms with Crippen LogP contribution in [0.3, 0.4) is 0 Å². The third-order valence-electron chi connectivity index (χ3n) is 6.72. The Morgan fingerprint density at radius 2 is 1.67 bits per heavy atom. The van der Waals surface area contributed by atoms with E-state index in [-0.39, 0.29) is 0 Å². The van der Waals surface area contributed by atoms with Crippen molar-refractivity contribution in [2.75, 3.05) is 5.73 Å². The van der Waals surface area contributed by atoms with Gasteiger partial charge >= 0.3 is 0 Å². The fourth-order valence-electron chi connectivity index (χ4n) is 4.96. The summed E-state index contributed by atoms with van der Waals surface area (Å²) in [6.45, 7) is 0. The number of anilines is 1. The highest BCUT2D eigenvalue weighted by atomic mass is 16.5. The highest BCUT2D eigenvalue weighted by Crippen LogP contribution is 2.60. The molecule has 6 heteroatoms. The molecule has 2 aliphatic rings. The van der Waals surface area contributed by atoms with E-state index in [2.05, 4.69) is 14.6 Å². The largest absolute Gasteiger partial charge is 0.457 e. The van der Waals surface area contributed by atoms with Crippen molar-refractivity contribution in [2.24, 2.45) is 5.41 Å². The van der Waals surface area contributed by atoms with Crippen LogP contribution in [0.1, 0.15) is 38.1 Å². The van der Waals surface area contributed by atoms with Gasteiger partial charge in [-0.1, -0.05) is 24.6 Å². The summed E-state index contributed by atoms with van der Waals surface area (Å²) in [6.07, 6.45) is 8.00. The SMILES string of the molecule is Nc1ncnc2c1c(-c1ccc(Oc3ccccc3)cc1)nn2C1CC2(CCC2)C1. The molecule has 6 nitrogen and oxygen atoms in total. The number of nitrogens with zero attached hydrogens (tertiary/aromatic N) is 4. The van der Waals surface area contributed by atoms with Crippen LogP contribution < -0.4 is 10.5 Å². The Labute approximate surface area is 174 Å². The summed E-state index contributed by atoms with van der Waals surface area (Å²) in [6, 6.07) is 18.1. The molecule has 2 heterocycles. The summed E-state index contributed by atoms with van der Waals surface area (Å²) >= 11 is 0. The van der Waals surface area contributed by atoms with Crippen molar-refractivity contribution in [1.29, 1.82) is 0 Å². The minimum absolute atomic E-state index is 0.400. The quantitative estimate of drug-likeness (QED) is 0.501. The number of para-hydroxylation sites is 1. The van der Waals surface area contributed by atoms with E-state index >= 15 is 0 Å². The minimum atomic E-state index is 0.400. The lowest BCUT2D eigenvalue weighted by Crippen LogP contribution is -2.43. The first-order valence-corrected chi connectivity index (χ1v) is 10.5. The van der Waals surface area contributed by atoms with Crippen LogP contribution in [0.2, 0.25) is 0 Å². The zero-order chi connectivity index (χ0) is 20.1. The molecule has 0 amide bonds. The maximum absolute atomic E-state index is 6.26. The number of fused-ring (bicyclic) bond motifs is 1. The van der Waals surface area contributed by atoms with Gasteiger partial charge in [0.05, 0.1) is 11.4 Å². The molecule has 6 rings (SSSR count). The number of rotatable bonds is 4. The summed E-state index contributed by atoms with van der Waals surface area (Å²) in [4.78, 5) is 8.77. The number of benzene rings is 2. The highest BCUT2D eigenvalue weighted by Gasteiger charge is 2.49. The predicted molar refractivity (Wildman–Crippen MR) is 116 cm³/mol. The lowest BCUT2D eigenvalue weighted by molar-refractivity contribution is -0.0203. The van der Waals surface area contributed by atoms with Crippen LogP contribution in [0.5, 0.6) is 11.5 Å². The van der Waals surface area contributed by atoms with Crippen molar-refractivity contribution in [3.05, 3.63) is 60.9 Å². The first-order valence-electron chi connectivity index (χ1n) is 10.5. The van der Waals surface area contributed by atoms with Crippen molar-refractivity contribution in [3.8, 4) is 22.8 Å². The molecule has 150 valence electrons. The molecule has 30 heavy (non-hydrogen) atoms. The number of hydrogen-bond donors (Lipinski definition) is 1. The van der Waals surface area contributed by atoms with Crippen molar-refractivity contribution >= 4 is 16.9 Å². The van der Waals surface area contributed by atoms with Crippen molar-refractivity contribution in [2.45, 2.75) is 38.1 Å². The third kappa shape index (κ3) is 2.75. The minimum Gasteiger partial charge on any atom is -0.457 e. The summed E-state index contributed by atoms with van der Waals surface area (Å²) < 4.78 is 8.00. The smallest absolute Gasteiger partial charge is 0.164 e. The molecule has 2 saturated carbocycles. The second kappa shape index (κ2) is 6.55. The van der Waals surface area contributed by atoms with Crippen LogP contribution >= 0.6 is 0 Å². The van der Waals surface area contributed by atoms with Crippen molar-refractivity contribution in [3.63, 3.8) is 0 Å². The monoisotopic (exact) mass is 397 g/mol. The van der Waals surface area contributed by atoms with E-state index in [1.165, 1.54) is 38.4 Å². The molecule has 0 unspecified atom stereocenters. The van der Waals surface area contributed by atoms with E-state index in [9.17, 15) is 0 Å². The van der Waals surface area contributed by atoms with E-state index in [1.807, 2.05) is 54.6 Å². The van der Waals surface area contributed by atoms with Crippen LogP contribution in [-0.4, -0.2) is 19.7 Å². The van der Waals surface area contributed by atoms with Gasteiger partial charge in [0.1, 0.15) is 29.3 Å². The Bertz CT molecular complexity index is 1200. The van der Waals surface area contributed by atoms with Gasteiger partial charge in [0.15, 0.2) is 5.65 Å². The van der Waals surface area contributed by atoms with E-state index in [0.29, 0.717) is 17.3 Å². The van der Waals surface area contributed by atoms with Crippen molar-refractivity contribution < 1.29 is 4.74 Å². The zero-order valence-corrected chi connectivity index (χ0v) is 16.7. The normalized spacial score (nSPS) is 17.6. The van der Waals surface area contributed by atoms with E-state index in [4.69, 9.17) is 15.6 Å². The Morgan fingerprint density at radius 1 is 0.933 bits per heavy atom. The number of nitrogen functional groups attached to an aromatic ring is 1. The van der Waals surface area contributed by atoms with Crippen LogP contribution in [0.25, 0.3) is 22.3 Å². The van der Waals surface area contributed by atoms with Gasteiger partial charge in [-0.05, 0) is 67.5 Å². The molecule has 0 aliphatic heterocycles. The topological polar surface area (TPSA) is 78.8 Å². The summed E-state index contributed by atoms with van der Waals surface area (Å²) in [7, 11) is 0.